The maximum absolute atomic E-state index is 12.4. The molecule has 9 heteroatoms. The minimum absolute atomic E-state index is 0.105. The van der Waals surface area contributed by atoms with Crippen molar-refractivity contribution in [2.45, 2.75) is 25.9 Å². The summed E-state index contributed by atoms with van der Waals surface area (Å²) in [5, 5.41) is 7.38. The van der Waals surface area contributed by atoms with Crippen molar-refractivity contribution in [3.8, 4) is 0 Å². The molecule has 28 heavy (non-hydrogen) atoms. The van der Waals surface area contributed by atoms with Gasteiger partial charge in [-0.15, -0.1) is 0 Å². The van der Waals surface area contributed by atoms with Crippen LogP contribution >= 0.6 is 15.9 Å². The normalized spacial score (nSPS) is 11.9. The van der Waals surface area contributed by atoms with Gasteiger partial charge < -0.3 is 11.1 Å². The van der Waals surface area contributed by atoms with Crippen molar-refractivity contribution >= 4 is 44.4 Å². The molecular formula is C19H18BrN5O3. The van der Waals surface area contributed by atoms with Crippen molar-refractivity contribution in [1.29, 1.82) is 0 Å². The zero-order valence-electron chi connectivity index (χ0n) is 15.1. The second kappa shape index (κ2) is 8.30. The third-order valence-corrected chi connectivity index (χ3v) is 4.61. The van der Waals surface area contributed by atoms with Crippen LogP contribution in [0.5, 0.6) is 0 Å². The van der Waals surface area contributed by atoms with Gasteiger partial charge in [-0.05, 0) is 41.1 Å². The lowest BCUT2D eigenvalue weighted by Crippen LogP contribution is -2.41. The number of nitrogens with one attached hydrogen (secondary N) is 1. The second-order valence-electron chi connectivity index (χ2n) is 6.27. The molecule has 3 aromatic rings. The van der Waals surface area contributed by atoms with Gasteiger partial charge in [-0.1, -0.05) is 24.3 Å². The van der Waals surface area contributed by atoms with Gasteiger partial charge in [0.25, 0.3) is 5.91 Å². The average Bonchev–Trinajstić information content (AvgIpc) is 3.00. The van der Waals surface area contributed by atoms with Crippen LogP contribution in [0.15, 0.2) is 47.1 Å². The quantitative estimate of drug-likeness (QED) is 0.537. The van der Waals surface area contributed by atoms with E-state index in [-0.39, 0.29) is 24.4 Å². The topological polar surface area (TPSA) is 120 Å². The van der Waals surface area contributed by atoms with Crippen LogP contribution in [0.4, 0.5) is 0 Å². The number of hydrogen-bond donors (Lipinski definition) is 2. The Bertz CT molecular complexity index is 1060. The van der Waals surface area contributed by atoms with Crippen molar-refractivity contribution in [3.05, 3.63) is 58.5 Å². The number of primary amides is 1. The lowest BCUT2D eigenvalue weighted by Gasteiger charge is -2.13. The predicted molar refractivity (Wildman–Crippen MR) is 107 cm³/mol. The molecule has 3 N–H and O–H groups in total. The average molecular weight is 444 g/mol. The number of halogens is 1. The Morgan fingerprint density at radius 3 is 2.64 bits per heavy atom. The third-order valence-electron chi connectivity index (χ3n) is 4.17. The smallest absolute Gasteiger partial charge is 0.269 e. The lowest BCUT2D eigenvalue weighted by molar-refractivity contribution is -0.127. The van der Waals surface area contributed by atoms with Gasteiger partial charge in [0.1, 0.15) is 11.1 Å². The fourth-order valence-electron chi connectivity index (χ4n) is 2.81. The number of para-hydroxylation sites is 1. The van der Waals surface area contributed by atoms with Crippen LogP contribution in [0.25, 0.3) is 10.9 Å². The fraction of sp³-hybridized carbons (Fsp3) is 0.211. The number of fused-ring (bicyclic) bond motifs is 1. The summed E-state index contributed by atoms with van der Waals surface area (Å²) < 4.78 is 2.04. The highest BCUT2D eigenvalue weighted by Crippen LogP contribution is 2.18. The number of nitrogens with two attached hydrogens (primary N) is 1. The molecule has 2 amide bonds. The number of carbonyl (C=O) groups excluding carboxylic acids is 3. The Balaban J connectivity index is 1.68. The van der Waals surface area contributed by atoms with Gasteiger partial charge in [-0.3, -0.25) is 19.1 Å². The number of amides is 2. The molecule has 8 nitrogen and oxygen atoms in total. The summed E-state index contributed by atoms with van der Waals surface area (Å²) >= 11 is 3.26. The van der Waals surface area contributed by atoms with Crippen molar-refractivity contribution in [1.82, 2.24) is 20.1 Å². The van der Waals surface area contributed by atoms with Crippen molar-refractivity contribution in [2.75, 3.05) is 0 Å². The Kier molecular flexibility index (Phi) is 5.84. The fourth-order valence-corrected chi connectivity index (χ4v) is 3.19. The molecule has 0 saturated carbocycles. The van der Waals surface area contributed by atoms with E-state index in [1.165, 1.54) is 4.68 Å². The molecule has 0 fully saturated rings. The van der Waals surface area contributed by atoms with E-state index in [4.69, 9.17) is 5.73 Å². The van der Waals surface area contributed by atoms with Crippen LogP contribution in [-0.2, 0) is 22.6 Å². The maximum atomic E-state index is 12.4. The van der Waals surface area contributed by atoms with Gasteiger partial charge in [-0.2, -0.15) is 5.10 Å². The molecule has 1 aromatic carbocycles. The largest absolute Gasteiger partial charge is 0.364 e. The minimum atomic E-state index is -0.689. The Hall–Kier alpha value is -3.07. The third kappa shape index (κ3) is 4.42. The Morgan fingerprint density at radius 2 is 1.93 bits per heavy atom. The first-order chi connectivity index (χ1) is 13.3. The minimum Gasteiger partial charge on any atom is -0.364 e. The molecule has 2 aromatic heterocycles. The molecule has 3 rings (SSSR count). The van der Waals surface area contributed by atoms with E-state index in [2.05, 4.69) is 31.3 Å². The molecule has 0 unspecified atom stereocenters. The zero-order valence-corrected chi connectivity index (χ0v) is 16.6. The number of nitrogens with zero attached hydrogens (tertiary/aromatic N) is 3. The SMILES string of the molecule is C[C@H](NC(=O)Cn1nc(C(N)=O)c2ccccc21)C(=O)Cc1cccc(Br)n1. The van der Waals surface area contributed by atoms with Crippen LogP contribution < -0.4 is 11.1 Å². The highest BCUT2D eigenvalue weighted by atomic mass is 79.9. The van der Waals surface area contributed by atoms with Gasteiger partial charge in [0, 0.05) is 11.1 Å². The van der Waals surface area contributed by atoms with E-state index in [9.17, 15) is 14.4 Å². The number of carbonyl (C=O) groups is 3. The number of aromatic nitrogens is 3. The number of hydrogen-bond acceptors (Lipinski definition) is 5. The van der Waals surface area contributed by atoms with Crippen LogP contribution in [0.3, 0.4) is 0 Å². The van der Waals surface area contributed by atoms with Crippen LogP contribution in [-0.4, -0.2) is 38.4 Å². The molecule has 0 saturated heterocycles. The van der Waals surface area contributed by atoms with Gasteiger partial charge in [-0.25, -0.2) is 4.98 Å². The Labute approximate surface area is 169 Å². The van der Waals surface area contributed by atoms with Crippen LogP contribution in [0, 0.1) is 0 Å². The summed E-state index contributed by atoms with van der Waals surface area (Å²) in [6.45, 7) is 1.48. The van der Waals surface area contributed by atoms with E-state index in [1.54, 1.807) is 49.4 Å². The van der Waals surface area contributed by atoms with E-state index >= 15 is 0 Å². The van der Waals surface area contributed by atoms with Crippen molar-refractivity contribution < 1.29 is 14.4 Å². The molecule has 0 aliphatic carbocycles. The number of ketones is 1. The highest BCUT2D eigenvalue weighted by Gasteiger charge is 2.19. The van der Waals surface area contributed by atoms with Crippen LogP contribution in [0.2, 0.25) is 0 Å². The number of Topliss-reactive ketones (excluding diaryl/α,β-unsaturated/α-hetero) is 1. The first kappa shape index (κ1) is 19.7. The lowest BCUT2D eigenvalue weighted by atomic mass is 10.1. The van der Waals surface area contributed by atoms with Crippen molar-refractivity contribution in [2.24, 2.45) is 5.73 Å². The predicted octanol–water partition coefficient (Wildman–Crippen LogP) is 1.61. The summed E-state index contributed by atoms with van der Waals surface area (Å²) in [6.07, 6.45) is 0.109. The molecule has 0 spiro atoms. The van der Waals surface area contributed by atoms with Crippen molar-refractivity contribution in [3.63, 3.8) is 0 Å². The number of pyridine rings is 1. The molecule has 0 aliphatic rings. The number of rotatable bonds is 7. The highest BCUT2D eigenvalue weighted by molar-refractivity contribution is 9.10. The van der Waals surface area contributed by atoms with Gasteiger partial charge in [0.15, 0.2) is 11.5 Å². The molecule has 0 bridgehead atoms. The van der Waals surface area contributed by atoms with E-state index in [0.717, 1.165) is 0 Å². The summed E-state index contributed by atoms with van der Waals surface area (Å²) in [6, 6.07) is 11.6. The summed E-state index contributed by atoms with van der Waals surface area (Å²) in [5.74, 6) is -1.23. The zero-order chi connectivity index (χ0) is 20.3. The molecule has 0 aliphatic heterocycles. The molecule has 2 heterocycles. The van der Waals surface area contributed by atoms with Crippen LogP contribution in [0.1, 0.15) is 23.1 Å². The molecule has 1 atom stereocenters. The Morgan fingerprint density at radius 1 is 1.18 bits per heavy atom. The monoisotopic (exact) mass is 443 g/mol. The standard InChI is InChI=1S/C19H18BrN5O3/c1-11(15(26)9-12-5-4-8-16(20)23-12)22-17(27)10-25-14-7-3-2-6-13(14)18(24-25)19(21)28/h2-8,11H,9-10H2,1H3,(H2,21,28)(H,22,27)/t11-/m0/s1. The molecule has 0 radical (unpaired) electrons. The van der Waals surface area contributed by atoms with Gasteiger partial charge >= 0.3 is 0 Å². The first-order valence-corrected chi connectivity index (χ1v) is 9.33. The summed E-state index contributed by atoms with van der Waals surface area (Å²) in [4.78, 5) is 40.5. The number of benzene rings is 1. The first-order valence-electron chi connectivity index (χ1n) is 8.54. The van der Waals surface area contributed by atoms with Gasteiger partial charge in [0.05, 0.1) is 18.0 Å². The summed E-state index contributed by atoms with van der Waals surface area (Å²) in [5.41, 5.74) is 6.69. The maximum Gasteiger partial charge on any atom is 0.269 e. The molecule has 144 valence electrons. The van der Waals surface area contributed by atoms with Gasteiger partial charge in [0.2, 0.25) is 5.91 Å². The molecular weight excluding hydrogens is 426 g/mol. The van der Waals surface area contributed by atoms with E-state index in [1.807, 2.05) is 0 Å². The summed E-state index contributed by atoms with van der Waals surface area (Å²) in [7, 11) is 0. The van der Waals surface area contributed by atoms with E-state index < -0.39 is 17.9 Å². The van der Waals surface area contributed by atoms with E-state index in [0.29, 0.717) is 21.2 Å². The second-order valence-corrected chi connectivity index (χ2v) is 7.08.